The molecular formula is C11H16N2OS. The third kappa shape index (κ3) is 3.25. The van der Waals surface area contributed by atoms with Gasteiger partial charge in [0.05, 0.1) is 6.04 Å². The lowest BCUT2D eigenvalue weighted by Crippen LogP contribution is -2.06. The maximum atomic E-state index is 11.7. The van der Waals surface area contributed by atoms with Gasteiger partial charge in [0, 0.05) is 11.8 Å². The van der Waals surface area contributed by atoms with Gasteiger partial charge < -0.3 is 5.73 Å². The van der Waals surface area contributed by atoms with Crippen LogP contribution < -0.4 is 5.73 Å². The lowest BCUT2D eigenvalue weighted by Gasteiger charge is -1.99. The lowest BCUT2D eigenvalue weighted by molar-refractivity contribution is 0.0988. The van der Waals surface area contributed by atoms with Crippen molar-refractivity contribution in [2.45, 2.75) is 32.7 Å². The lowest BCUT2D eigenvalue weighted by atomic mass is 10.1. The summed E-state index contributed by atoms with van der Waals surface area (Å²) < 4.78 is 0. The summed E-state index contributed by atoms with van der Waals surface area (Å²) in [6.45, 7) is 7.66. The van der Waals surface area contributed by atoms with Crippen LogP contribution in [0.5, 0.6) is 0 Å². The molecule has 0 aliphatic carbocycles. The van der Waals surface area contributed by atoms with E-state index in [-0.39, 0.29) is 11.8 Å². The Balaban J connectivity index is 2.70. The Kier molecular flexibility index (Phi) is 4.17. The first-order valence-electron chi connectivity index (χ1n) is 4.95. The molecule has 0 saturated heterocycles. The molecule has 0 fully saturated rings. The predicted molar refractivity (Wildman–Crippen MR) is 63.1 cm³/mol. The number of nitrogens with two attached hydrogens (primary N) is 1. The zero-order valence-corrected chi connectivity index (χ0v) is 9.93. The molecular weight excluding hydrogens is 208 g/mol. The van der Waals surface area contributed by atoms with Gasteiger partial charge >= 0.3 is 0 Å². The Morgan fingerprint density at radius 3 is 2.87 bits per heavy atom. The molecule has 1 aromatic rings. The number of allylic oxidation sites excluding steroid dienone is 1. The highest BCUT2D eigenvalue weighted by molar-refractivity contribution is 7.09. The largest absolute Gasteiger partial charge is 0.322 e. The second kappa shape index (κ2) is 5.19. The SMILES string of the molecule is C=C(CC)CC(=O)c1csc(C(C)N)n1. The first-order chi connectivity index (χ1) is 7.04. The molecule has 0 bridgehead atoms. The quantitative estimate of drug-likeness (QED) is 0.618. The second-order valence-corrected chi connectivity index (χ2v) is 4.45. The van der Waals surface area contributed by atoms with Crippen LogP contribution in [0.1, 0.15) is 48.2 Å². The number of nitrogens with zero attached hydrogens (tertiary/aromatic N) is 1. The molecule has 82 valence electrons. The van der Waals surface area contributed by atoms with E-state index >= 15 is 0 Å². The van der Waals surface area contributed by atoms with E-state index in [1.807, 2.05) is 13.8 Å². The van der Waals surface area contributed by atoms with E-state index in [4.69, 9.17) is 5.73 Å². The van der Waals surface area contributed by atoms with E-state index in [2.05, 4.69) is 11.6 Å². The minimum absolute atomic E-state index is 0.0324. The first kappa shape index (κ1) is 12.1. The number of carbonyl (C=O) groups excluding carboxylic acids is 1. The molecule has 0 radical (unpaired) electrons. The number of rotatable bonds is 5. The molecule has 0 amide bonds. The summed E-state index contributed by atoms with van der Waals surface area (Å²) in [6.07, 6.45) is 1.22. The summed E-state index contributed by atoms with van der Waals surface area (Å²) >= 11 is 1.43. The molecule has 1 rings (SSSR count). The molecule has 4 heteroatoms. The third-order valence-corrected chi connectivity index (χ3v) is 3.15. The zero-order valence-electron chi connectivity index (χ0n) is 9.12. The summed E-state index contributed by atoms with van der Waals surface area (Å²) in [5.41, 5.74) is 7.13. The van der Waals surface area contributed by atoms with E-state index in [9.17, 15) is 4.79 Å². The molecule has 1 aromatic heterocycles. The molecule has 0 aliphatic heterocycles. The Morgan fingerprint density at radius 1 is 1.73 bits per heavy atom. The summed E-state index contributed by atoms with van der Waals surface area (Å²) in [7, 11) is 0. The van der Waals surface area contributed by atoms with Crippen molar-refractivity contribution < 1.29 is 4.79 Å². The van der Waals surface area contributed by atoms with Gasteiger partial charge in [-0.3, -0.25) is 4.79 Å². The Labute approximate surface area is 94.0 Å². The fourth-order valence-corrected chi connectivity index (χ4v) is 1.85. The van der Waals surface area contributed by atoms with Crippen molar-refractivity contribution in [3.8, 4) is 0 Å². The molecule has 15 heavy (non-hydrogen) atoms. The molecule has 0 aromatic carbocycles. The number of thiazole rings is 1. The maximum Gasteiger partial charge on any atom is 0.186 e. The Morgan fingerprint density at radius 2 is 2.40 bits per heavy atom. The van der Waals surface area contributed by atoms with Gasteiger partial charge in [0.2, 0.25) is 0 Å². The third-order valence-electron chi connectivity index (χ3n) is 2.11. The number of ketones is 1. The summed E-state index contributed by atoms with van der Waals surface area (Å²) in [5, 5.41) is 2.57. The minimum atomic E-state index is -0.106. The van der Waals surface area contributed by atoms with Crippen LogP contribution in [0.15, 0.2) is 17.5 Å². The van der Waals surface area contributed by atoms with Crippen LogP contribution in [0, 0.1) is 0 Å². The average molecular weight is 224 g/mol. The number of Topliss-reactive ketones (excluding diaryl/α,β-unsaturated/α-hetero) is 1. The molecule has 1 atom stereocenters. The fourth-order valence-electron chi connectivity index (χ4n) is 1.07. The number of hydrogen-bond donors (Lipinski definition) is 1. The average Bonchev–Trinajstić information content (AvgIpc) is 2.66. The van der Waals surface area contributed by atoms with Crippen molar-refractivity contribution in [2.75, 3.05) is 0 Å². The van der Waals surface area contributed by atoms with Crippen molar-refractivity contribution in [1.82, 2.24) is 4.98 Å². The van der Waals surface area contributed by atoms with Crippen LogP contribution in [0.25, 0.3) is 0 Å². The van der Waals surface area contributed by atoms with Gasteiger partial charge in [-0.2, -0.15) is 0 Å². The molecule has 0 saturated carbocycles. The van der Waals surface area contributed by atoms with Gasteiger partial charge in [-0.1, -0.05) is 19.1 Å². The Bertz CT molecular complexity index is 368. The molecule has 0 spiro atoms. The van der Waals surface area contributed by atoms with Crippen LogP contribution in [0.2, 0.25) is 0 Å². The fraction of sp³-hybridized carbons (Fsp3) is 0.455. The summed E-state index contributed by atoms with van der Waals surface area (Å²) in [4.78, 5) is 15.9. The standard InChI is InChI=1S/C11H16N2OS/c1-4-7(2)5-10(14)9-6-15-11(13-9)8(3)12/h6,8H,2,4-5,12H2,1,3H3. The zero-order chi connectivity index (χ0) is 11.4. The van der Waals surface area contributed by atoms with Crippen molar-refractivity contribution in [3.63, 3.8) is 0 Å². The number of carbonyl (C=O) groups is 1. The van der Waals surface area contributed by atoms with E-state index in [0.29, 0.717) is 12.1 Å². The number of aromatic nitrogens is 1. The first-order valence-corrected chi connectivity index (χ1v) is 5.83. The van der Waals surface area contributed by atoms with Crippen LogP contribution in [0.4, 0.5) is 0 Å². The van der Waals surface area contributed by atoms with Gasteiger partial charge in [0.1, 0.15) is 10.7 Å². The highest BCUT2D eigenvalue weighted by Gasteiger charge is 2.12. The van der Waals surface area contributed by atoms with Gasteiger partial charge in [0.15, 0.2) is 5.78 Å². The van der Waals surface area contributed by atoms with E-state index in [1.165, 1.54) is 11.3 Å². The molecule has 3 nitrogen and oxygen atoms in total. The number of hydrogen-bond acceptors (Lipinski definition) is 4. The van der Waals surface area contributed by atoms with Crippen LogP contribution in [-0.2, 0) is 0 Å². The molecule has 0 aliphatic rings. The van der Waals surface area contributed by atoms with Gasteiger partial charge in [-0.25, -0.2) is 4.98 Å². The van der Waals surface area contributed by atoms with Crippen LogP contribution in [0.3, 0.4) is 0 Å². The highest BCUT2D eigenvalue weighted by atomic mass is 32.1. The highest BCUT2D eigenvalue weighted by Crippen LogP contribution is 2.18. The Hall–Kier alpha value is -1.00. The molecule has 2 N–H and O–H groups in total. The summed E-state index contributed by atoms with van der Waals surface area (Å²) in [5.74, 6) is 0.0324. The van der Waals surface area contributed by atoms with E-state index in [0.717, 1.165) is 17.0 Å². The minimum Gasteiger partial charge on any atom is -0.322 e. The van der Waals surface area contributed by atoms with Crippen molar-refractivity contribution >= 4 is 17.1 Å². The van der Waals surface area contributed by atoms with Crippen molar-refractivity contribution in [2.24, 2.45) is 5.73 Å². The van der Waals surface area contributed by atoms with Crippen LogP contribution >= 0.6 is 11.3 Å². The van der Waals surface area contributed by atoms with E-state index in [1.54, 1.807) is 5.38 Å². The summed E-state index contributed by atoms with van der Waals surface area (Å²) in [6, 6.07) is -0.106. The van der Waals surface area contributed by atoms with Gasteiger partial charge in [-0.15, -0.1) is 11.3 Å². The smallest absolute Gasteiger partial charge is 0.186 e. The van der Waals surface area contributed by atoms with Crippen molar-refractivity contribution in [1.29, 1.82) is 0 Å². The van der Waals surface area contributed by atoms with E-state index < -0.39 is 0 Å². The monoisotopic (exact) mass is 224 g/mol. The van der Waals surface area contributed by atoms with Gasteiger partial charge in [0.25, 0.3) is 0 Å². The topological polar surface area (TPSA) is 56.0 Å². The second-order valence-electron chi connectivity index (χ2n) is 3.56. The predicted octanol–water partition coefficient (Wildman–Crippen LogP) is 2.70. The van der Waals surface area contributed by atoms with Crippen LogP contribution in [-0.4, -0.2) is 10.8 Å². The van der Waals surface area contributed by atoms with Crippen molar-refractivity contribution in [3.05, 3.63) is 28.2 Å². The van der Waals surface area contributed by atoms with Gasteiger partial charge in [-0.05, 0) is 13.3 Å². The maximum absolute atomic E-state index is 11.7. The molecule has 1 heterocycles. The molecule has 1 unspecified atom stereocenters. The normalized spacial score (nSPS) is 12.5.